The van der Waals surface area contributed by atoms with Gasteiger partial charge in [-0.3, -0.25) is 0 Å². The van der Waals surface area contributed by atoms with Crippen LogP contribution in [0.5, 0.6) is 0 Å². The van der Waals surface area contributed by atoms with Gasteiger partial charge in [0.1, 0.15) is 0 Å². The summed E-state index contributed by atoms with van der Waals surface area (Å²) >= 11 is 0. The predicted molar refractivity (Wildman–Crippen MR) is 121 cm³/mol. The normalized spacial score (nSPS) is 10.7. The van der Waals surface area contributed by atoms with Crippen LogP contribution in [0.25, 0.3) is 11.1 Å². The summed E-state index contributed by atoms with van der Waals surface area (Å²) in [7, 11) is 0. The summed E-state index contributed by atoms with van der Waals surface area (Å²) in [6.07, 6.45) is 0. The molecule has 0 amide bonds. The molecule has 0 bridgehead atoms. The highest BCUT2D eigenvalue weighted by Gasteiger charge is 2.13. The van der Waals surface area contributed by atoms with E-state index in [1.54, 1.807) is 0 Å². The van der Waals surface area contributed by atoms with Crippen molar-refractivity contribution < 1.29 is 0 Å². The van der Waals surface area contributed by atoms with Crippen LogP contribution in [0.4, 0.5) is 17.1 Å². The van der Waals surface area contributed by atoms with Crippen LogP contribution in [0.15, 0.2) is 97.1 Å². The highest BCUT2D eigenvalue weighted by molar-refractivity contribution is 5.79. The van der Waals surface area contributed by atoms with Gasteiger partial charge in [-0.05, 0) is 73.9 Å². The summed E-state index contributed by atoms with van der Waals surface area (Å²) in [5.74, 6) is 0. The zero-order chi connectivity index (χ0) is 19.5. The SMILES string of the molecule is Cc1ccc(N(c2ccc(C)cc2)c2ccc(-c3ccccc3)c(C)c2)cc1. The van der Waals surface area contributed by atoms with Crippen LogP contribution in [-0.2, 0) is 0 Å². The van der Waals surface area contributed by atoms with Crippen molar-refractivity contribution in [2.24, 2.45) is 0 Å². The van der Waals surface area contributed by atoms with Gasteiger partial charge in [0.15, 0.2) is 0 Å². The molecule has 0 spiro atoms. The number of nitrogens with zero attached hydrogens (tertiary/aromatic N) is 1. The Hall–Kier alpha value is -3.32. The third-order valence-corrected chi connectivity index (χ3v) is 5.14. The van der Waals surface area contributed by atoms with Crippen molar-refractivity contribution in [3.63, 3.8) is 0 Å². The molecule has 4 rings (SSSR count). The fraction of sp³-hybridized carbons (Fsp3) is 0.111. The van der Waals surface area contributed by atoms with Crippen LogP contribution in [-0.4, -0.2) is 0 Å². The summed E-state index contributed by atoms with van der Waals surface area (Å²) in [5.41, 5.74) is 9.84. The van der Waals surface area contributed by atoms with Gasteiger partial charge in [-0.1, -0.05) is 71.8 Å². The molecule has 0 fully saturated rings. The highest BCUT2D eigenvalue weighted by Crippen LogP contribution is 2.37. The molecule has 0 saturated carbocycles. The van der Waals surface area contributed by atoms with Crippen molar-refractivity contribution in [2.75, 3.05) is 4.90 Å². The number of benzene rings is 4. The minimum atomic E-state index is 1.17. The van der Waals surface area contributed by atoms with Crippen molar-refractivity contribution in [2.45, 2.75) is 20.8 Å². The monoisotopic (exact) mass is 363 g/mol. The van der Waals surface area contributed by atoms with Gasteiger partial charge in [-0.25, -0.2) is 0 Å². The topological polar surface area (TPSA) is 3.24 Å². The second-order valence-corrected chi connectivity index (χ2v) is 7.37. The zero-order valence-corrected chi connectivity index (χ0v) is 16.7. The molecule has 0 aliphatic carbocycles. The lowest BCUT2D eigenvalue weighted by Gasteiger charge is -2.26. The van der Waals surface area contributed by atoms with E-state index >= 15 is 0 Å². The van der Waals surface area contributed by atoms with Gasteiger partial charge in [-0.15, -0.1) is 0 Å². The van der Waals surface area contributed by atoms with Crippen molar-refractivity contribution in [1.82, 2.24) is 0 Å². The molecule has 0 saturated heterocycles. The van der Waals surface area contributed by atoms with E-state index in [0.29, 0.717) is 0 Å². The second-order valence-electron chi connectivity index (χ2n) is 7.37. The van der Waals surface area contributed by atoms with E-state index in [9.17, 15) is 0 Å². The van der Waals surface area contributed by atoms with Crippen LogP contribution in [0.1, 0.15) is 16.7 Å². The van der Waals surface area contributed by atoms with E-state index in [1.165, 1.54) is 44.9 Å². The predicted octanol–water partition coefficient (Wildman–Crippen LogP) is 7.75. The first-order chi connectivity index (χ1) is 13.6. The molecule has 1 heteroatoms. The van der Waals surface area contributed by atoms with Gasteiger partial charge in [-0.2, -0.15) is 0 Å². The van der Waals surface area contributed by atoms with E-state index in [2.05, 4.69) is 123 Å². The summed E-state index contributed by atoms with van der Waals surface area (Å²) in [4.78, 5) is 2.32. The minimum Gasteiger partial charge on any atom is -0.310 e. The maximum Gasteiger partial charge on any atom is 0.0464 e. The summed E-state index contributed by atoms with van der Waals surface area (Å²) in [5, 5.41) is 0. The van der Waals surface area contributed by atoms with Crippen LogP contribution in [0, 0.1) is 20.8 Å². The lowest BCUT2D eigenvalue weighted by Crippen LogP contribution is -2.10. The van der Waals surface area contributed by atoms with Crippen LogP contribution in [0.3, 0.4) is 0 Å². The van der Waals surface area contributed by atoms with Crippen LogP contribution < -0.4 is 4.90 Å². The molecule has 4 aromatic carbocycles. The maximum atomic E-state index is 2.32. The van der Waals surface area contributed by atoms with E-state index in [1.807, 2.05) is 0 Å². The Morgan fingerprint density at radius 2 is 1.00 bits per heavy atom. The number of aryl methyl sites for hydroxylation is 3. The van der Waals surface area contributed by atoms with Crippen LogP contribution in [0.2, 0.25) is 0 Å². The first kappa shape index (κ1) is 18.1. The second kappa shape index (κ2) is 7.74. The van der Waals surface area contributed by atoms with Crippen molar-refractivity contribution in [3.05, 3.63) is 114 Å². The molecule has 0 atom stereocenters. The standard InChI is InChI=1S/C27H25N/c1-20-9-13-24(14-10-20)28(25-15-11-21(2)12-16-25)26-17-18-27(22(3)19-26)23-7-5-4-6-8-23/h4-19H,1-3H3. The van der Waals surface area contributed by atoms with Gasteiger partial charge < -0.3 is 4.90 Å². The van der Waals surface area contributed by atoms with Gasteiger partial charge in [0.2, 0.25) is 0 Å². The smallest absolute Gasteiger partial charge is 0.0464 e. The molecule has 0 heterocycles. The molecule has 28 heavy (non-hydrogen) atoms. The Bertz CT molecular complexity index is 1020. The molecule has 0 aromatic heterocycles. The number of rotatable bonds is 4. The minimum absolute atomic E-state index is 1.17. The van der Waals surface area contributed by atoms with E-state index in [0.717, 1.165) is 0 Å². The molecule has 0 N–H and O–H groups in total. The van der Waals surface area contributed by atoms with Crippen molar-refractivity contribution in [1.29, 1.82) is 0 Å². The average Bonchev–Trinajstić information content (AvgIpc) is 2.72. The van der Waals surface area contributed by atoms with E-state index in [4.69, 9.17) is 0 Å². The average molecular weight is 364 g/mol. The maximum absolute atomic E-state index is 2.32. The van der Waals surface area contributed by atoms with Crippen LogP contribution >= 0.6 is 0 Å². The molecule has 1 nitrogen and oxygen atoms in total. The Morgan fingerprint density at radius 3 is 1.50 bits per heavy atom. The first-order valence-electron chi connectivity index (χ1n) is 9.71. The van der Waals surface area contributed by atoms with Crippen molar-refractivity contribution >= 4 is 17.1 Å². The van der Waals surface area contributed by atoms with E-state index in [-0.39, 0.29) is 0 Å². The largest absolute Gasteiger partial charge is 0.310 e. The van der Waals surface area contributed by atoms with E-state index < -0.39 is 0 Å². The quantitative estimate of drug-likeness (QED) is 0.358. The van der Waals surface area contributed by atoms with Gasteiger partial charge in [0, 0.05) is 17.1 Å². The Balaban J connectivity index is 1.81. The fourth-order valence-corrected chi connectivity index (χ4v) is 3.56. The number of anilines is 3. The number of hydrogen-bond donors (Lipinski definition) is 0. The number of hydrogen-bond acceptors (Lipinski definition) is 1. The van der Waals surface area contributed by atoms with Gasteiger partial charge >= 0.3 is 0 Å². The molecular formula is C27H25N. The fourth-order valence-electron chi connectivity index (χ4n) is 3.56. The molecule has 0 aliphatic heterocycles. The molecule has 4 aromatic rings. The third-order valence-electron chi connectivity index (χ3n) is 5.14. The highest BCUT2D eigenvalue weighted by atomic mass is 15.1. The molecule has 0 radical (unpaired) electrons. The molecular weight excluding hydrogens is 338 g/mol. The van der Waals surface area contributed by atoms with Gasteiger partial charge in [0.25, 0.3) is 0 Å². The molecule has 0 unspecified atom stereocenters. The van der Waals surface area contributed by atoms with Crippen molar-refractivity contribution in [3.8, 4) is 11.1 Å². The Labute approximate surface area is 167 Å². The zero-order valence-electron chi connectivity index (χ0n) is 16.7. The lowest BCUT2D eigenvalue weighted by molar-refractivity contribution is 1.26. The summed E-state index contributed by atoms with van der Waals surface area (Å²) in [6.45, 7) is 6.44. The molecule has 0 aliphatic rings. The third kappa shape index (κ3) is 3.70. The Kier molecular flexibility index (Phi) is 4.99. The first-order valence-corrected chi connectivity index (χ1v) is 9.71. The molecule has 138 valence electrons. The summed E-state index contributed by atoms with van der Waals surface area (Å²) in [6, 6.07) is 34.7. The Morgan fingerprint density at radius 1 is 0.500 bits per heavy atom. The summed E-state index contributed by atoms with van der Waals surface area (Å²) < 4.78 is 0. The lowest BCUT2D eigenvalue weighted by atomic mass is 9.99. The van der Waals surface area contributed by atoms with Gasteiger partial charge in [0.05, 0.1) is 0 Å².